The van der Waals surface area contributed by atoms with Crippen LogP contribution in [-0.2, 0) is 6.42 Å². The van der Waals surface area contributed by atoms with E-state index in [1.165, 1.54) is 18.2 Å². The smallest absolute Gasteiger partial charge is 0.267 e. The van der Waals surface area contributed by atoms with Crippen molar-refractivity contribution in [2.24, 2.45) is 5.73 Å². The Kier molecular flexibility index (Phi) is 6.61. The van der Waals surface area contributed by atoms with Crippen molar-refractivity contribution in [3.8, 4) is 0 Å². The Bertz CT molecular complexity index is 1170. The zero-order chi connectivity index (χ0) is 22.5. The summed E-state index contributed by atoms with van der Waals surface area (Å²) in [5, 5.41) is 7.16. The summed E-state index contributed by atoms with van der Waals surface area (Å²) >= 11 is 0. The Morgan fingerprint density at radius 1 is 1.23 bits per heavy atom. The quantitative estimate of drug-likeness (QED) is 0.405. The zero-order valence-electron chi connectivity index (χ0n) is 17.4. The number of hydrazine groups is 1. The average molecular weight is 426 g/mol. The number of nitrogens with two attached hydrogens (primary N) is 1. The van der Waals surface area contributed by atoms with Gasteiger partial charge >= 0.3 is 0 Å². The molecule has 0 saturated carbocycles. The van der Waals surface area contributed by atoms with Gasteiger partial charge in [-0.3, -0.25) is 9.59 Å². The topological polar surface area (TPSA) is 135 Å². The maximum absolute atomic E-state index is 13.7. The van der Waals surface area contributed by atoms with E-state index < -0.39 is 17.6 Å². The van der Waals surface area contributed by atoms with E-state index in [4.69, 9.17) is 10.3 Å². The van der Waals surface area contributed by atoms with Crippen LogP contribution in [0.5, 0.6) is 0 Å². The highest BCUT2D eigenvalue weighted by molar-refractivity contribution is 6.08. The Morgan fingerprint density at radius 3 is 2.65 bits per heavy atom. The largest absolute Gasteiger partial charge is 0.364 e. The number of benzene rings is 1. The molecule has 5 N–H and O–H groups in total. The first-order valence-electron chi connectivity index (χ1n) is 9.54. The van der Waals surface area contributed by atoms with E-state index in [1.54, 1.807) is 7.05 Å². The van der Waals surface area contributed by atoms with Gasteiger partial charge in [0.2, 0.25) is 0 Å². The van der Waals surface area contributed by atoms with Gasteiger partial charge in [-0.15, -0.1) is 0 Å². The predicted octanol–water partition coefficient (Wildman–Crippen LogP) is 2.09. The molecule has 1 aromatic carbocycles. The minimum absolute atomic E-state index is 0.131. The third-order valence-electron chi connectivity index (χ3n) is 4.62. The van der Waals surface area contributed by atoms with Gasteiger partial charge in [0.25, 0.3) is 11.8 Å². The minimum Gasteiger partial charge on any atom is -0.364 e. The molecule has 0 unspecified atom stereocenters. The van der Waals surface area contributed by atoms with Gasteiger partial charge in [-0.25, -0.2) is 14.8 Å². The molecule has 3 rings (SSSR count). The Morgan fingerprint density at radius 2 is 2.00 bits per heavy atom. The number of nitrogens with zero attached hydrogens (tertiary/aromatic N) is 2. The van der Waals surface area contributed by atoms with Crippen LogP contribution in [0.15, 0.2) is 46.2 Å². The molecule has 9 nitrogen and oxygen atoms in total. The number of carbonyl (C=O) groups is 2. The summed E-state index contributed by atoms with van der Waals surface area (Å²) in [6, 6.07) is 6.95. The monoisotopic (exact) mass is 426 g/mol. The second-order valence-corrected chi connectivity index (χ2v) is 6.99. The molecular weight excluding hydrogens is 403 g/mol. The van der Waals surface area contributed by atoms with Crippen LogP contribution in [-0.4, -0.2) is 29.0 Å². The number of primary amides is 1. The molecule has 2 amide bonds. The number of carbonyl (C=O) groups excluding carboxylic acids is 2. The highest BCUT2D eigenvalue weighted by Gasteiger charge is 2.18. The molecule has 3 aromatic rings. The maximum atomic E-state index is 13.7. The lowest BCUT2D eigenvalue weighted by molar-refractivity contribution is 0.0963. The van der Waals surface area contributed by atoms with E-state index in [0.29, 0.717) is 24.0 Å². The zero-order valence-corrected chi connectivity index (χ0v) is 17.4. The van der Waals surface area contributed by atoms with Crippen molar-refractivity contribution in [2.45, 2.75) is 26.7 Å². The van der Waals surface area contributed by atoms with Gasteiger partial charge in [-0.2, -0.15) is 0 Å². The van der Waals surface area contributed by atoms with Crippen LogP contribution >= 0.6 is 0 Å². The lowest BCUT2D eigenvalue weighted by atomic mass is 10.1. The first-order chi connectivity index (χ1) is 14.8. The van der Waals surface area contributed by atoms with E-state index in [-0.39, 0.29) is 16.8 Å². The third-order valence-corrected chi connectivity index (χ3v) is 4.62. The molecule has 0 saturated heterocycles. The first kappa shape index (κ1) is 21.9. The number of nitrogens with one attached hydrogen (secondary N) is 3. The molecule has 0 spiro atoms. The van der Waals surface area contributed by atoms with Gasteiger partial charge < -0.3 is 21.0 Å². The SMILES string of the molecule is CNN/C(NC(=O)c1cc(C(N)=O)nc2cc(F)ccc12)=C(/C)CCc1cc(C)on1. The summed E-state index contributed by atoms with van der Waals surface area (Å²) in [7, 11) is 1.66. The molecule has 162 valence electrons. The molecule has 0 aliphatic rings. The normalized spacial score (nSPS) is 11.9. The van der Waals surface area contributed by atoms with Crippen molar-refractivity contribution in [1.82, 2.24) is 26.3 Å². The van der Waals surface area contributed by atoms with Crippen LogP contribution in [0.2, 0.25) is 0 Å². The van der Waals surface area contributed by atoms with Crippen LogP contribution in [0.4, 0.5) is 4.39 Å². The Hall–Kier alpha value is -3.79. The van der Waals surface area contributed by atoms with Crippen molar-refractivity contribution < 1.29 is 18.5 Å². The van der Waals surface area contributed by atoms with Crippen LogP contribution in [0, 0.1) is 12.7 Å². The Labute approximate surface area is 177 Å². The van der Waals surface area contributed by atoms with Crippen molar-refractivity contribution in [3.63, 3.8) is 0 Å². The highest BCUT2D eigenvalue weighted by atomic mass is 19.1. The molecule has 0 atom stereocenters. The fourth-order valence-corrected chi connectivity index (χ4v) is 3.04. The number of hydrogen-bond acceptors (Lipinski definition) is 7. The minimum atomic E-state index is -0.816. The third kappa shape index (κ3) is 5.23. The van der Waals surface area contributed by atoms with Crippen LogP contribution in [0.25, 0.3) is 10.9 Å². The summed E-state index contributed by atoms with van der Waals surface area (Å²) in [6.07, 6.45) is 1.22. The second-order valence-electron chi connectivity index (χ2n) is 6.99. The van der Waals surface area contributed by atoms with Crippen LogP contribution < -0.4 is 21.9 Å². The number of fused-ring (bicyclic) bond motifs is 1. The van der Waals surface area contributed by atoms with Gasteiger partial charge in [-0.05, 0) is 50.5 Å². The molecular formula is C21H23FN6O3. The van der Waals surface area contributed by atoms with Crippen LogP contribution in [0.3, 0.4) is 0 Å². The van der Waals surface area contributed by atoms with Gasteiger partial charge in [-0.1, -0.05) is 5.16 Å². The lowest BCUT2D eigenvalue weighted by Crippen LogP contribution is -2.38. The van der Waals surface area contributed by atoms with Crippen molar-refractivity contribution >= 4 is 22.7 Å². The molecule has 10 heteroatoms. The van der Waals surface area contributed by atoms with Crippen molar-refractivity contribution in [2.75, 3.05) is 7.05 Å². The summed E-state index contributed by atoms with van der Waals surface area (Å²) in [5.41, 5.74) is 12.9. The van der Waals surface area contributed by atoms with Crippen molar-refractivity contribution in [1.29, 1.82) is 0 Å². The number of rotatable bonds is 8. The molecule has 0 radical (unpaired) electrons. The van der Waals surface area contributed by atoms with Gasteiger partial charge in [0.15, 0.2) is 0 Å². The number of pyridine rings is 1. The average Bonchev–Trinajstić information content (AvgIpc) is 3.15. The molecule has 0 aliphatic carbocycles. The van der Waals surface area contributed by atoms with E-state index in [2.05, 4.69) is 26.3 Å². The summed E-state index contributed by atoms with van der Waals surface area (Å²) in [5.74, 6) is -0.686. The summed E-state index contributed by atoms with van der Waals surface area (Å²) in [6.45, 7) is 3.68. The standard InChI is InChI=1S/C21H23FN6O3/c1-11(4-6-14-8-12(2)31-28-14)20(27-24-3)26-21(30)16-10-18(19(23)29)25-17-9-13(22)5-7-15(16)17/h5,7-10,24,27H,4,6H2,1-3H3,(H2,23,29)(H,26,30)/b20-11-. The first-order valence-corrected chi connectivity index (χ1v) is 9.54. The number of amides is 2. The number of allylic oxidation sites excluding steroid dienone is 1. The van der Waals surface area contributed by atoms with E-state index >= 15 is 0 Å². The molecule has 31 heavy (non-hydrogen) atoms. The van der Waals surface area contributed by atoms with Gasteiger partial charge in [0.1, 0.15) is 23.1 Å². The fourth-order valence-electron chi connectivity index (χ4n) is 3.04. The van der Waals surface area contributed by atoms with Gasteiger partial charge in [0, 0.05) is 24.6 Å². The maximum Gasteiger partial charge on any atom is 0.267 e. The lowest BCUT2D eigenvalue weighted by Gasteiger charge is -2.16. The van der Waals surface area contributed by atoms with Gasteiger partial charge in [0.05, 0.1) is 16.8 Å². The summed E-state index contributed by atoms with van der Waals surface area (Å²) < 4.78 is 18.7. The fraction of sp³-hybridized carbons (Fsp3) is 0.238. The van der Waals surface area contributed by atoms with E-state index in [1.807, 2.05) is 19.9 Å². The molecule has 0 aliphatic heterocycles. The van der Waals surface area contributed by atoms with Crippen molar-refractivity contribution in [3.05, 3.63) is 70.3 Å². The highest BCUT2D eigenvalue weighted by Crippen LogP contribution is 2.20. The predicted molar refractivity (Wildman–Crippen MR) is 112 cm³/mol. The molecule has 0 bridgehead atoms. The number of halogens is 1. The number of aromatic nitrogens is 2. The number of aryl methyl sites for hydroxylation is 2. The Balaban J connectivity index is 1.91. The van der Waals surface area contributed by atoms with E-state index in [9.17, 15) is 14.0 Å². The molecule has 0 fully saturated rings. The van der Waals surface area contributed by atoms with Crippen LogP contribution in [0.1, 0.15) is 45.6 Å². The second kappa shape index (κ2) is 9.35. The molecule has 2 heterocycles. The molecule has 2 aromatic heterocycles. The van der Waals surface area contributed by atoms with E-state index in [0.717, 1.165) is 23.1 Å². The number of hydrogen-bond donors (Lipinski definition) is 4. The summed E-state index contributed by atoms with van der Waals surface area (Å²) in [4.78, 5) is 28.8.